The van der Waals surface area contributed by atoms with Crippen molar-refractivity contribution in [1.82, 2.24) is 14.7 Å². The number of hydrogen-bond donors (Lipinski definition) is 0. The molecule has 1 saturated heterocycles. The number of aromatic nitrogens is 2. The summed E-state index contributed by atoms with van der Waals surface area (Å²) in [6.07, 6.45) is 4.65. The molecule has 0 saturated carbocycles. The first kappa shape index (κ1) is 10.2. The van der Waals surface area contributed by atoms with E-state index in [1.807, 2.05) is 17.9 Å². The Kier molecular flexibility index (Phi) is 3.23. The highest BCUT2D eigenvalue weighted by molar-refractivity contribution is 9.09. The topological polar surface area (TPSA) is 21.1 Å². The average Bonchev–Trinajstić information content (AvgIpc) is 2.76. The lowest BCUT2D eigenvalue weighted by molar-refractivity contribution is 0.261. The van der Waals surface area contributed by atoms with Gasteiger partial charge in [-0.15, -0.1) is 0 Å². The van der Waals surface area contributed by atoms with Gasteiger partial charge in [0.15, 0.2) is 0 Å². The SMILES string of the molecule is Cn1ccc(CN2CCCC2CBr)n1. The van der Waals surface area contributed by atoms with Gasteiger partial charge in [-0.1, -0.05) is 15.9 Å². The van der Waals surface area contributed by atoms with Crippen molar-refractivity contribution in [2.45, 2.75) is 25.4 Å². The van der Waals surface area contributed by atoms with E-state index in [1.165, 1.54) is 25.1 Å². The molecule has 0 N–H and O–H groups in total. The van der Waals surface area contributed by atoms with Crippen LogP contribution in [0, 0.1) is 0 Å². The van der Waals surface area contributed by atoms with E-state index in [0.717, 1.165) is 11.9 Å². The lowest BCUT2D eigenvalue weighted by Crippen LogP contribution is -2.30. The zero-order valence-corrected chi connectivity index (χ0v) is 10.1. The van der Waals surface area contributed by atoms with Gasteiger partial charge in [0, 0.05) is 31.2 Å². The highest BCUT2D eigenvalue weighted by atomic mass is 79.9. The summed E-state index contributed by atoms with van der Waals surface area (Å²) in [5.41, 5.74) is 1.18. The molecule has 0 spiro atoms. The van der Waals surface area contributed by atoms with E-state index in [-0.39, 0.29) is 0 Å². The van der Waals surface area contributed by atoms with Gasteiger partial charge in [0.1, 0.15) is 0 Å². The van der Waals surface area contributed by atoms with Gasteiger partial charge in [0.2, 0.25) is 0 Å². The van der Waals surface area contributed by atoms with E-state index in [1.54, 1.807) is 0 Å². The Balaban J connectivity index is 1.96. The fourth-order valence-electron chi connectivity index (χ4n) is 2.03. The smallest absolute Gasteiger partial charge is 0.0764 e. The van der Waals surface area contributed by atoms with Gasteiger partial charge in [-0.05, 0) is 25.5 Å². The van der Waals surface area contributed by atoms with E-state index in [0.29, 0.717) is 6.04 Å². The van der Waals surface area contributed by atoms with Crippen LogP contribution in [0.5, 0.6) is 0 Å². The molecule has 1 aromatic rings. The van der Waals surface area contributed by atoms with Crippen LogP contribution in [0.1, 0.15) is 18.5 Å². The molecule has 2 heterocycles. The van der Waals surface area contributed by atoms with Crippen LogP contribution < -0.4 is 0 Å². The van der Waals surface area contributed by atoms with Crippen molar-refractivity contribution in [3.63, 3.8) is 0 Å². The van der Waals surface area contributed by atoms with E-state index in [9.17, 15) is 0 Å². The van der Waals surface area contributed by atoms with Crippen LogP contribution in [0.25, 0.3) is 0 Å². The molecular formula is C10H16BrN3. The summed E-state index contributed by atoms with van der Waals surface area (Å²) in [7, 11) is 1.97. The molecule has 0 radical (unpaired) electrons. The van der Waals surface area contributed by atoms with Gasteiger partial charge in [0.25, 0.3) is 0 Å². The van der Waals surface area contributed by atoms with E-state index in [2.05, 4.69) is 32.0 Å². The third-order valence-electron chi connectivity index (χ3n) is 2.81. The first-order valence-corrected chi connectivity index (χ1v) is 6.20. The summed E-state index contributed by atoms with van der Waals surface area (Å²) >= 11 is 3.57. The molecular weight excluding hydrogens is 242 g/mol. The molecule has 0 aromatic carbocycles. The van der Waals surface area contributed by atoms with Crippen LogP contribution >= 0.6 is 15.9 Å². The average molecular weight is 258 g/mol. The monoisotopic (exact) mass is 257 g/mol. The van der Waals surface area contributed by atoms with Crippen LogP contribution in [-0.2, 0) is 13.6 Å². The van der Waals surface area contributed by atoms with Crippen LogP contribution in [0.4, 0.5) is 0 Å². The molecule has 0 bridgehead atoms. The summed E-state index contributed by atoms with van der Waals surface area (Å²) in [5, 5.41) is 5.49. The van der Waals surface area contributed by atoms with Crippen LogP contribution in [0.3, 0.4) is 0 Å². The fourth-order valence-corrected chi connectivity index (χ4v) is 2.77. The molecule has 1 aromatic heterocycles. The van der Waals surface area contributed by atoms with Crippen molar-refractivity contribution < 1.29 is 0 Å². The summed E-state index contributed by atoms with van der Waals surface area (Å²) in [5.74, 6) is 0. The second kappa shape index (κ2) is 4.45. The Bertz CT molecular complexity index is 297. The molecule has 1 fully saturated rings. The summed E-state index contributed by atoms with van der Waals surface area (Å²) in [6.45, 7) is 2.21. The maximum absolute atomic E-state index is 4.40. The highest BCUT2D eigenvalue weighted by Gasteiger charge is 2.23. The van der Waals surface area contributed by atoms with Crippen LogP contribution in [-0.4, -0.2) is 32.6 Å². The third-order valence-corrected chi connectivity index (χ3v) is 3.56. The highest BCUT2D eigenvalue weighted by Crippen LogP contribution is 2.20. The summed E-state index contributed by atoms with van der Waals surface area (Å²) in [4.78, 5) is 2.51. The Morgan fingerprint density at radius 1 is 1.64 bits per heavy atom. The Labute approximate surface area is 93.2 Å². The predicted molar refractivity (Wildman–Crippen MR) is 60.4 cm³/mol. The summed E-state index contributed by atoms with van der Waals surface area (Å²) in [6, 6.07) is 2.81. The van der Waals surface area contributed by atoms with Crippen molar-refractivity contribution in [2.75, 3.05) is 11.9 Å². The molecule has 1 aliphatic rings. The van der Waals surface area contributed by atoms with Gasteiger partial charge < -0.3 is 0 Å². The minimum absolute atomic E-state index is 0.706. The molecule has 0 aliphatic carbocycles. The van der Waals surface area contributed by atoms with Gasteiger partial charge in [0.05, 0.1) is 5.69 Å². The van der Waals surface area contributed by atoms with Crippen molar-refractivity contribution in [3.8, 4) is 0 Å². The maximum Gasteiger partial charge on any atom is 0.0764 e. The minimum Gasteiger partial charge on any atom is -0.294 e. The first-order chi connectivity index (χ1) is 6.79. The van der Waals surface area contributed by atoms with Crippen LogP contribution in [0.15, 0.2) is 12.3 Å². The van der Waals surface area contributed by atoms with E-state index < -0.39 is 0 Å². The standard InChI is InChI=1S/C10H16BrN3/c1-13-6-4-9(12-13)8-14-5-2-3-10(14)7-11/h4,6,10H,2-3,5,7-8H2,1H3. The molecule has 14 heavy (non-hydrogen) atoms. The predicted octanol–water partition coefficient (Wildman–Crippen LogP) is 1.78. The zero-order valence-electron chi connectivity index (χ0n) is 8.49. The Morgan fingerprint density at radius 3 is 3.14 bits per heavy atom. The number of halogens is 1. The maximum atomic E-state index is 4.40. The van der Waals surface area contributed by atoms with Gasteiger partial charge in [-0.2, -0.15) is 5.10 Å². The number of likely N-dealkylation sites (tertiary alicyclic amines) is 1. The summed E-state index contributed by atoms with van der Waals surface area (Å²) < 4.78 is 1.87. The molecule has 2 rings (SSSR count). The normalized spacial score (nSPS) is 23.1. The van der Waals surface area contributed by atoms with Gasteiger partial charge in [-0.25, -0.2) is 0 Å². The number of hydrogen-bond acceptors (Lipinski definition) is 2. The molecule has 4 heteroatoms. The Hall–Kier alpha value is -0.350. The lowest BCUT2D eigenvalue weighted by Gasteiger charge is -2.21. The van der Waals surface area contributed by atoms with Gasteiger partial charge in [-0.3, -0.25) is 9.58 Å². The number of aryl methyl sites for hydroxylation is 1. The fraction of sp³-hybridized carbons (Fsp3) is 0.700. The van der Waals surface area contributed by atoms with Crippen molar-refractivity contribution in [3.05, 3.63) is 18.0 Å². The van der Waals surface area contributed by atoms with Gasteiger partial charge >= 0.3 is 0 Å². The largest absolute Gasteiger partial charge is 0.294 e. The van der Waals surface area contributed by atoms with Crippen molar-refractivity contribution >= 4 is 15.9 Å². The first-order valence-electron chi connectivity index (χ1n) is 5.08. The molecule has 1 unspecified atom stereocenters. The molecule has 1 aliphatic heterocycles. The third kappa shape index (κ3) is 2.17. The quantitative estimate of drug-likeness (QED) is 0.770. The molecule has 78 valence electrons. The molecule has 3 nitrogen and oxygen atoms in total. The van der Waals surface area contributed by atoms with E-state index in [4.69, 9.17) is 0 Å². The van der Waals surface area contributed by atoms with Crippen molar-refractivity contribution in [2.24, 2.45) is 7.05 Å². The minimum atomic E-state index is 0.706. The second-order valence-electron chi connectivity index (χ2n) is 3.90. The molecule has 0 amide bonds. The van der Waals surface area contributed by atoms with Crippen molar-refractivity contribution in [1.29, 1.82) is 0 Å². The van der Waals surface area contributed by atoms with E-state index >= 15 is 0 Å². The lowest BCUT2D eigenvalue weighted by atomic mass is 10.2. The zero-order chi connectivity index (χ0) is 9.97. The molecule has 1 atom stereocenters. The number of alkyl halides is 1. The number of rotatable bonds is 3. The van der Waals surface area contributed by atoms with Crippen LogP contribution in [0.2, 0.25) is 0 Å². The number of nitrogens with zero attached hydrogens (tertiary/aromatic N) is 3. The second-order valence-corrected chi connectivity index (χ2v) is 4.55. The Morgan fingerprint density at radius 2 is 2.50 bits per heavy atom.